The Labute approximate surface area is 185 Å². The van der Waals surface area contributed by atoms with E-state index in [9.17, 15) is 4.79 Å². The molecular formula is C18H32NNaO6S. The number of rotatable bonds is 10. The molecule has 1 aromatic heterocycles. The van der Waals surface area contributed by atoms with Gasteiger partial charge in [0.2, 0.25) is 0 Å². The fourth-order valence-corrected chi connectivity index (χ4v) is 1.98. The maximum Gasteiger partial charge on any atom is 1.00 e. The molecule has 7 nitrogen and oxygen atoms in total. The van der Waals surface area contributed by atoms with E-state index in [0.717, 1.165) is 6.42 Å². The van der Waals surface area contributed by atoms with Crippen molar-refractivity contribution >= 4 is 16.4 Å². The summed E-state index contributed by atoms with van der Waals surface area (Å²) in [5.74, 6) is -0.919. The summed E-state index contributed by atoms with van der Waals surface area (Å²) in [5, 5.41) is 8.36. The fourth-order valence-electron chi connectivity index (χ4n) is 1.98. The van der Waals surface area contributed by atoms with Gasteiger partial charge in [0.1, 0.15) is 0 Å². The zero-order valence-corrected chi connectivity index (χ0v) is 19.3. The number of hydrogen-bond donors (Lipinski definition) is 3. The van der Waals surface area contributed by atoms with Crippen molar-refractivity contribution < 1.29 is 57.0 Å². The molecule has 1 aromatic rings. The summed E-state index contributed by atoms with van der Waals surface area (Å²) in [5.41, 5.74) is 0.269. The van der Waals surface area contributed by atoms with Crippen LogP contribution >= 0.6 is 0 Å². The number of nitrogens with zero attached hydrogens (tertiary/aromatic N) is 1. The van der Waals surface area contributed by atoms with Crippen LogP contribution in [0.2, 0.25) is 0 Å². The topological polar surface area (TPSA) is 125 Å². The second kappa shape index (κ2) is 21.8. The van der Waals surface area contributed by atoms with Crippen LogP contribution in [-0.4, -0.2) is 33.6 Å². The number of carboxylic acids is 1. The van der Waals surface area contributed by atoms with E-state index in [0.29, 0.717) is 0 Å². The van der Waals surface area contributed by atoms with Crippen LogP contribution in [0.25, 0.3) is 0 Å². The third-order valence-corrected chi connectivity index (χ3v) is 3.28. The molecule has 0 bridgehead atoms. The maximum atomic E-state index is 10.2. The molecule has 0 amide bonds. The van der Waals surface area contributed by atoms with Gasteiger partial charge in [-0.3, -0.25) is 14.1 Å². The fraction of sp³-hybridized carbons (Fsp3) is 0.611. The smallest absolute Gasteiger partial charge is 0.478 e. The van der Waals surface area contributed by atoms with Crippen LogP contribution in [0.5, 0.6) is 0 Å². The van der Waals surface area contributed by atoms with Crippen molar-refractivity contribution in [1.29, 1.82) is 0 Å². The maximum absolute atomic E-state index is 10.2. The van der Waals surface area contributed by atoms with Gasteiger partial charge in [-0.15, -0.1) is 0 Å². The van der Waals surface area contributed by atoms with Gasteiger partial charge >= 0.3 is 45.9 Å². The molecule has 0 unspecified atom stereocenters. The van der Waals surface area contributed by atoms with E-state index in [1.54, 1.807) is 0 Å². The average molecular weight is 414 g/mol. The Kier molecular flexibility index (Phi) is 25.2. The van der Waals surface area contributed by atoms with Gasteiger partial charge in [-0.05, 0) is 12.1 Å². The molecule has 0 saturated heterocycles. The number of unbranched alkanes of at least 4 members (excludes halogenated alkanes) is 9. The predicted molar refractivity (Wildman–Crippen MR) is 103 cm³/mol. The zero-order valence-electron chi connectivity index (χ0n) is 16.5. The second-order valence-electron chi connectivity index (χ2n) is 5.67. The molecule has 0 aliphatic heterocycles. The molecule has 0 aliphatic carbocycles. The minimum Gasteiger partial charge on any atom is -0.478 e. The van der Waals surface area contributed by atoms with Crippen LogP contribution in [0, 0.1) is 6.92 Å². The zero-order chi connectivity index (χ0) is 20.3. The van der Waals surface area contributed by atoms with E-state index >= 15 is 0 Å². The van der Waals surface area contributed by atoms with Gasteiger partial charge in [-0.25, -0.2) is 4.79 Å². The Morgan fingerprint density at radius 1 is 0.963 bits per heavy atom. The quantitative estimate of drug-likeness (QED) is 0.231. The molecule has 0 saturated carbocycles. The molecule has 0 fully saturated rings. The number of hydrogen-bond acceptors (Lipinski definition) is 4. The number of pyridine rings is 1. The van der Waals surface area contributed by atoms with Gasteiger partial charge in [0.15, 0.2) is 0 Å². The van der Waals surface area contributed by atoms with E-state index in [-0.39, 0.29) is 35.1 Å². The molecule has 27 heavy (non-hydrogen) atoms. The summed E-state index contributed by atoms with van der Waals surface area (Å²) < 4.78 is 31.6. The van der Waals surface area contributed by atoms with Gasteiger partial charge in [-0.2, -0.15) is 14.8 Å². The summed E-state index contributed by atoms with van der Waals surface area (Å²) in [6.45, 7) is 6.12. The van der Waals surface area contributed by atoms with Gasteiger partial charge < -0.3 is 12.0 Å². The average Bonchev–Trinajstić information content (AvgIpc) is 2.57. The standard InChI is InChI=1S/C12H25.C6H5NO2.Na.H2O4S/c1-3-5-7-9-11-12-10-8-6-4-2;8-6(9)5-1-3-7-4-2-5;;1-5(2,3)4/h1,3-12H2,2H3;1-4H,(H,8,9);;(H2,1,2,3,4)/q-1;;+1;. The van der Waals surface area contributed by atoms with E-state index in [1.165, 1.54) is 82.3 Å². The van der Waals surface area contributed by atoms with Crippen LogP contribution in [-0.2, 0) is 10.4 Å². The summed E-state index contributed by atoms with van der Waals surface area (Å²) in [4.78, 5) is 13.8. The van der Waals surface area contributed by atoms with Gasteiger partial charge in [0, 0.05) is 12.4 Å². The van der Waals surface area contributed by atoms with Crippen molar-refractivity contribution in [2.75, 3.05) is 0 Å². The second-order valence-corrected chi connectivity index (χ2v) is 6.57. The molecule has 0 aromatic carbocycles. The van der Waals surface area contributed by atoms with Crippen molar-refractivity contribution in [2.45, 2.75) is 71.1 Å². The summed E-state index contributed by atoms with van der Waals surface area (Å²) in [7, 11) is -4.67. The number of aromatic nitrogens is 1. The first-order valence-electron chi connectivity index (χ1n) is 8.84. The summed E-state index contributed by atoms with van der Waals surface area (Å²) in [6.07, 6.45) is 16.8. The van der Waals surface area contributed by atoms with E-state index < -0.39 is 16.4 Å². The number of aromatic carboxylic acids is 1. The molecule has 3 N–H and O–H groups in total. The Morgan fingerprint density at radius 2 is 1.33 bits per heavy atom. The van der Waals surface area contributed by atoms with Crippen LogP contribution < -0.4 is 29.6 Å². The van der Waals surface area contributed by atoms with Gasteiger partial charge in [0.25, 0.3) is 0 Å². The third-order valence-electron chi connectivity index (χ3n) is 3.28. The number of carboxylic acid groups (broad SMARTS) is 1. The Morgan fingerprint density at radius 3 is 1.63 bits per heavy atom. The summed E-state index contributed by atoms with van der Waals surface area (Å²) in [6, 6.07) is 2.89. The van der Waals surface area contributed by atoms with Crippen LogP contribution in [0.1, 0.15) is 81.5 Å². The minimum absolute atomic E-state index is 0. The first kappa shape index (κ1) is 31.2. The number of carbonyl (C=O) groups is 1. The third kappa shape index (κ3) is 33.5. The molecule has 0 aliphatic rings. The van der Waals surface area contributed by atoms with Crippen LogP contribution in [0.15, 0.2) is 24.5 Å². The molecule has 0 atom stereocenters. The molecule has 1 rings (SSSR count). The first-order valence-corrected chi connectivity index (χ1v) is 10.2. The van der Waals surface area contributed by atoms with E-state index in [1.807, 2.05) is 0 Å². The van der Waals surface area contributed by atoms with Crippen LogP contribution in [0.3, 0.4) is 0 Å². The van der Waals surface area contributed by atoms with Crippen LogP contribution in [0.4, 0.5) is 0 Å². The van der Waals surface area contributed by atoms with Crippen molar-refractivity contribution in [2.24, 2.45) is 0 Å². The van der Waals surface area contributed by atoms with Gasteiger partial charge in [0.05, 0.1) is 5.56 Å². The molecule has 0 radical (unpaired) electrons. The normalized spacial score (nSPS) is 9.78. The Balaban J connectivity index is -0.000000340. The SMILES string of the molecule is O=C(O)c1ccncc1.O=S(=O)(O)O.[CH2-]CCCCCCCCCCC.[Na+]. The minimum atomic E-state index is -4.67. The van der Waals surface area contributed by atoms with Gasteiger partial charge in [-0.1, -0.05) is 64.7 Å². The van der Waals surface area contributed by atoms with Crippen molar-refractivity contribution in [3.05, 3.63) is 37.0 Å². The van der Waals surface area contributed by atoms with Crippen molar-refractivity contribution in [3.63, 3.8) is 0 Å². The van der Waals surface area contributed by atoms with E-state index in [2.05, 4.69) is 18.8 Å². The first-order chi connectivity index (χ1) is 12.2. The largest absolute Gasteiger partial charge is 1.00 e. The Bertz CT molecular complexity index is 522. The molecular weight excluding hydrogens is 381 g/mol. The molecule has 9 heteroatoms. The molecule has 0 spiro atoms. The Hall–Kier alpha value is -0.510. The van der Waals surface area contributed by atoms with Crippen molar-refractivity contribution in [3.8, 4) is 0 Å². The monoisotopic (exact) mass is 413 g/mol. The molecule has 1 heterocycles. The van der Waals surface area contributed by atoms with Crippen molar-refractivity contribution in [1.82, 2.24) is 4.98 Å². The predicted octanol–water partition coefficient (Wildman–Crippen LogP) is 1.87. The van der Waals surface area contributed by atoms with E-state index in [4.69, 9.17) is 22.6 Å². The summed E-state index contributed by atoms with van der Waals surface area (Å²) >= 11 is 0. The molecule has 152 valence electrons.